The number of allylic oxidation sites excluding steroid dienone is 1. The molecule has 1 aromatic carbocycles. The Morgan fingerprint density at radius 3 is 3.09 bits per heavy atom. The van der Waals surface area contributed by atoms with Crippen molar-refractivity contribution in [2.24, 2.45) is 10.9 Å². The van der Waals surface area contributed by atoms with Crippen LogP contribution in [0.1, 0.15) is 31.7 Å². The average Bonchev–Trinajstić information content (AvgIpc) is 2.50. The maximum Gasteiger partial charge on any atom is 0.273 e. The van der Waals surface area contributed by atoms with Gasteiger partial charge in [0.15, 0.2) is 0 Å². The number of hydrogen-bond donors (Lipinski definition) is 0. The molecule has 22 heavy (non-hydrogen) atoms. The third kappa shape index (κ3) is 3.08. The van der Waals surface area contributed by atoms with E-state index in [1.54, 1.807) is 24.6 Å². The zero-order valence-electron chi connectivity index (χ0n) is 12.4. The third-order valence-corrected chi connectivity index (χ3v) is 4.15. The molecule has 0 N–H and O–H groups in total. The Labute approximate surface area is 129 Å². The first-order chi connectivity index (χ1) is 10.6. The van der Waals surface area contributed by atoms with E-state index in [2.05, 4.69) is 11.9 Å². The molecular formula is C17H18N2O3. The van der Waals surface area contributed by atoms with E-state index in [1.807, 2.05) is 6.08 Å². The van der Waals surface area contributed by atoms with Crippen LogP contribution in [-0.2, 0) is 0 Å². The van der Waals surface area contributed by atoms with Gasteiger partial charge in [-0.05, 0) is 49.0 Å². The molecule has 1 aliphatic carbocycles. The van der Waals surface area contributed by atoms with Crippen molar-refractivity contribution in [3.05, 3.63) is 51.7 Å². The van der Waals surface area contributed by atoms with Gasteiger partial charge in [-0.15, -0.1) is 0 Å². The van der Waals surface area contributed by atoms with E-state index in [-0.39, 0.29) is 11.8 Å². The number of fused-ring (bicyclic) bond motifs is 2. The summed E-state index contributed by atoms with van der Waals surface area (Å²) in [7, 11) is 0. The largest absolute Gasteiger partial charge is 0.485 e. The van der Waals surface area contributed by atoms with Gasteiger partial charge in [-0.25, -0.2) is 0 Å². The number of rotatable bonds is 1. The van der Waals surface area contributed by atoms with Crippen LogP contribution in [0.2, 0.25) is 0 Å². The van der Waals surface area contributed by atoms with E-state index in [9.17, 15) is 10.1 Å². The molecule has 1 saturated carbocycles. The van der Waals surface area contributed by atoms with Gasteiger partial charge in [0.1, 0.15) is 11.9 Å². The highest BCUT2D eigenvalue weighted by molar-refractivity contribution is 5.74. The molecule has 0 amide bonds. The number of nitro benzene ring substituents is 1. The van der Waals surface area contributed by atoms with Gasteiger partial charge in [0.2, 0.25) is 0 Å². The number of ether oxygens (including phenoxy) is 1. The monoisotopic (exact) mass is 298 g/mol. The van der Waals surface area contributed by atoms with Crippen LogP contribution in [0.15, 0.2) is 41.0 Å². The van der Waals surface area contributed by atoms with Crippen molar-refractivity contribution < 1.29 is 9.66 Å². The summed E-state index contributed by atoms with van der Waals surface area (Å²) in [6, 6.07) is 4.70. The van der Waals surface area contributed by atoms with Crippen molar-refractivity contribution in [3.63, 3.8) is 0 Å². The molecule has 0 radical (unpaired) electrons. The molecule has 0 aromatic heterocycles. The molecule has 2 aliphatic rings. The fraction of sp³-hybridized carbons (Fsp3) is 0.353. The van der Waals surface area contributed by atoms with Gasteiger partial charge in [-0.2, -0.15) is 0 Å². The summed E-state index contributed by atoms with van der Waals surface area (Å²) in [5, 5.41) is 11.0. The Balaban J connectivity index is 2.01. The van der Waals surface area contributed by atoms with E-state index < -0.39 is 4.92 Å². The molecule has 0 spiro atoms. The summed E-state index contributed by atoms with van der Waals surface area (Å²) < 4.78 is 6.15. The maximum atomic E-state index is 11.0. The second-order valence-corrected chi connectivity index (χ2v) is 5.82. The van der Waals surface area contributed by atoms with Crippen LogP contribution in [0.25, 0.3) is 6.08 Å². The minimum atomic E-state index is -0.398. The fourth-order valence-corrected chi connectivity index (χ4v) is 2.86. The van der Waals surface area contributed by atoms with Crippen LogP contribution >= 0.6 is 0 Å². The SMILES string of the molecule is CC1CCC2=CC=NC=Cc3ccc([N+](=O)[O-])cc3OC2C1. The number of non-ortho nitro benzene ring substituents is 1. The molecule has 1 fully saturated rings. The van der Waals surface area contributed by atoms with E-state index in [4.69, 9.17) is 4.74 Å². The van der Waals surface area contributed by atoms with Crippen LogP contribution in [0.5, 0.6) is 5.75 Å². The molecule has 0 saturated heterocycles. The first-order valence-corrected chi connectivity index (χ1v) is 7.47. The Hall–Kier alpha value is -2.43. The van der Waals surface area contributed by atoms with E-state index in [0.717, 1.165) is 24.8 Å². The minimum Gasteiger partial charge on any atom is -0.485 e. The van der Waals surface area contributed by atoms with Gasteiger partial charge >= 0.3 is 0 Å². The zero-order chi connectivity index (χ0) is 15.5. The van der Waals surface area contributed by atoms with Crippen LogP contribution in [0, 0.1) is 16.0 Å². The second kappa shape index (κ2) is 6.13. The molecule has 1 aliphatic heterocycles. The van der Waals surface area contributed by atoms with Gasteiger partial charge in [-0.1, -0.05) is 6.92 Å². The lowest BCUT2D eigenvalue weighted by molar-refractivity contribution is -0.385. The highest BCUT2D eigenvalue weighted by Gasteiger charge is 2.26. The molecule has 0 bridgehead atoms. The van der Waals surface area contributed by atoms with Gasteiger partial charge < -0.3 is 4.74 Å². The number of aliphatic imine (C=N–C) groups is 1. The highest BCUT2D eigenvalue weighted by atomic mass is 16.6. The lowest BCUT2D eigenvalue weighted by Gasteiger charge is -2.30. The quantitative estimate of drug-likeness (QED) is 0.578. The molecule has 3 rings (SSSR count). The molecule has 1 aromatic rings. The highest BCUT2D eigenvalue weighted by Crippen LogP contribution is 2.34. The number of nitro groups is 1. The Morgan fingerprint density at radius 2 is 2.27 bits per heavy atom. The van der Waals surface area contributed by atoms with Crippen LogP contribution in [0.3, 0.4) is 0 Å². The summed E-state index contributed by atoms with van der Waals surface area (Å²) in [6.45, 7) is 2.21. The zero-order valence-corrected chi connectivity index (χ0v) is 12.4. The predicted molar refractivity (Wildman–Crippen MR) is 86.1 cm³/mol. The van der Waals surface area contributed by atoms with Crippen molar-refractivity contribution in [3.8, 4) is 5.75 Å². The maximum absolute atomic E-state index is 11.0. The first kappa shape index (κ1) is 14.5. The summed E-state index contributed by atoms with van der Waals surface area (Å²) >= 11 is 0. The lowest BCUT2D eigenvalue weighted by atomic mass is 9.84. The molecular weight excluding hydrogens is 280 g/mol. The van der Waals surface area contributed by atoms with Crippen LogP contribution < -0.4 is 4.74 Å². The van der Waals surface area contributed by atoms with Gasteiger partial charge in [-0.3, -0.25) is 15.1 Å². The number of hydrogen-bond acceptors (Lipinski definition) is 4. The number of nitrogens with zero attached hydrogens (tertiary/aromatic N) is 2. The predicted octanol–water partition coefficient (Wildman–Crippen LogP) is 4.14. The Bertz CT molecular complexity index is 676. The van der Waals surface area contributed by atoms with Gasteiger partial charge in [0.25, 0.3) is 5.69 Å². The van der Waals surface area contributed by atoms with E-state index in [0.29, 0.717) is 11.7 Å². The van der Waals surface area contributed by atoms with Crippen molar-refractivity contribution in [1.29, 1.82) is 0 Å². The molecule has 2 unspecified atom stereocenters. The standard InChI is InChI=1S/C17H18N2O3/c1-12-2-3-13-6-8-18-9-7-14-4-5-15(19(20)21)11-17(14)22-16(13)10-12/h4-9,11-12,16H,2-3,10H2,1H3. The topological polar surface area (TPSA) is 64.7 Å². The summed E-state index contributed by atoms with van der Waals surface area (Å²) in [4.78, 5) is 14.8. The van der Waals surface area contributed by atoms with E-state index in [1.165, 1.54) is 17.7 Å². The summed E-state index contributed by atoms with van der Waals surface area (Å²) in [6.07, 6.45) is 10.3. The summed E-state index contributed by atoms with van der Waals surface area (Å²) in [5.41, 5.74) is 2.05. The number of benzene rings is 1. The second-order valence-electron chi connectivity index (χ2n) is 5.82. The normalized spacial score (nSPS) is 23.8. The Kier molecular flexibility index (Phi) is 4.04. The lowest BCUT2D eigenvalue weighted by Crippen LogP contribution is -2.27. The van der Waals surface area contributed by atoms with Crippen molar-refractivity contribution >= 4 is 18.0 Å². The third-order valence-electron chi connectivity index (χ3n) is 4.15. The molecule has 1 heterocycles. The van der Waals surface area contributed by atoms with Gasteiger partial charge in [0.05, 0.1) is 11.0 Å². The van der Waals surface area contributed by atoms with Crippen molar-refractivity contribution in [2.45, 2.75) is 32.3 Å². The molecule has 5 nitrogen and oxygen atoms in total. The molecule has 2 atom stereocenters. The fourth-order valence-electron chi connectivity index (χ4n) is 2.86. The minimum absolute atomic E-state index is 0.0394. The van der Waals surface area contributed by atoms with Crippen molar-refractivity contribution in [2.75, 3.05) is 0 Å². The average molecular weight is 298 g/mol. The smallest absolute Gasteiger partial charge is 0.273 e. The van der Waals surface area contributed by atoms with Crippen LogP contribution in [0.4, 0.5) is 5.69 Å². The van der Waals surface area contributed by atoms with Crippen molar-refractivity contribution in [1.82, 2.24) is 0 Å². The first-order valence-electron chi connectivity index (χ1n) is 7.47. The molecule has 114 valence electrons. The molecule has 5 heteroatoms. The van der Waals surface area contributed by atoms with E-state index >= 15 is 0 Å². The Morgan fingerprint density at radius 1 is 1.41 bits per heavy atom. The summed E-state index contributed by atoms with van der Waals surface area (Å²) in [5.74, 6) is 1.13. The van der Waals surface area contributed by atoms with Gasteiger partial charge in [0, 0.05) is 24.0 Å². The van der Waals surface area contributed by atoms with Crippen LogP contribution in [-0.4, -0.2) is 17.2 Å².